The van der Waals surface area contributed by atoms with Crippen molar-refractivity contribution in [3.05, 3.63) is 0 Å². The van der Waals surface area contributed by atoms with E-state index in [1.165, 1.54) is 58.2 Å². The maximum absolute atomic E-state index is 11.6. The van der Waals surface area contributed by atoms with Crippen molar-refractivity contribution in [2.45, 2.75) is 64.7 Å². The Morgan fingerprint density at radius 2 is 1.81 bits per heavy atom. The van der Waals surface area contributed by atoms with Gasteiger partial charge in [0.1, 0.15) is 0 Å². The molecule has 1 amide bonds. The standard InChI is InChI=1S/C20H39N5O/c1-2-21-20(23-13-10-18-25-17-9-11-19(25)26)22-12-5-3-6-14-24-15-7-4-8-16-24/h2-18H2,1H3,(H2,21,22,23). The summed E-state index contributed by atoms with van der Waals surface area (Å²) < 4.78 is 0. The summed E-state index contributed by atoms with van der Waals surface area (Å²) in [5.41, 5.74) is 0. The molecule has 26 heavy (non-hydrogen) atoms. The van der Waals surface area contributed by atoms with E-state index in [-0.39, 0.29) is 0 Å². The first kappa shape index (κ1) is 21.0. The van der Waals surface area contributed by atoms with Gasteiger partial charge < -0.3 is 20.4 Å². The summed E-state index contributed by atoms with van der Waals surface area (Å²) >= 11 is 0. The molecule has 0 unspecified atom stereocenters. The Morgan fingerprint density at radius 1 is 0.962 bits per heavy atom. The van der Waals surface area contributed by atoms with Crippen molar-refractivity contribution in [2.24, 2.45) is 4.99 Å². The number of nitrogens with zero attached hydrogens (tertiary/aromatic N) is 3. The smallest absolute Gasteiger partial charge is 0.222 e. The zero-order chi connectivity index (χ0) is 18.5. The zero-order valence-electron chi connectivity index (χ0n) is 16.8. The second-order valence-electron chi connectivity index (χ2n) is 7.49. The zero-order valence-corrected chi connectivity index (χ0v) is 16.8. The van der Waals surface area contributed by atoms with Gasteiger partial charge in [-0.15, -0.1) is 0 Å². The number of carbonyl (C=O) groups excluding carboxylic acids is 1. The van der Waals surface area contributed by atoms with Crippen molar-refractivity contribution in [3.63, 3.8) is 0 Å². The molecule has 0 saturated carbocycles. The summed E-state index contributed by atoms with van der Waals surface area (Å²) in [5.74, 6) is 1.22. The number of hydrogen-bond acceptors (Lipinski definition) is 3. The van der Waals surface area contributed by atoms with Gasteiger partial charge in [-0.1, -0.05) is 12.8 Å². The molecule has 2 fully saturated rings. The van der Waals surface area contributed by atoms with Crippen LogP contribution in [0, 0.1) is 0 Å². The molecule has 6 nitrogen and oxygen atoms in total. The highest BCUT2D eigenvalue weighted by molar-refractivity contribution is 5.79. The third-order valence-corrected chi connectivity index (χ3v) is 5.26. The lowest BCUT2D eigenvalue weighted by atomic mass is 10.1. The molecule has 2 N–H and O–H groups in total. The lowest BCUT2D eigenvalue weighted by Crippen LogP contribution is -2.38. The Hall–Kier alpha value is -1.30. The van der Waals surface area contributed by atoms with Crippen LogP contribution in [0.2, 0.25) is 0 Å². The number of amides is 1. The van der Waals surface area contributed by atoms with Crippen LogP contribution >= 0.6 is 0 Å². The minimum Gasteiger partial charge on any atom is -0.357 e. The average molecular weight is 366 g/mol. The summed E-state index contributed by atoms with van der Waals surface area (Å²) in [5, 5.41) is 6.75. The van der Waals surface area contributed by atoms with Crippen LogP contribution in [-0.2, 0) is 4.79 Å². The van der Waals surface area contributed by atoms with E-state index in [1.807, 2.05) is 4.90 Å². The van der Waals surface area contributed by atoms with Gasteiger partial charge in [0.15, 0.2) is 5.96 Å². The molecule has 0 bridgehead atoms. The number of carbonyl (C=O) groups is 1. The molecular weight excluding hydrogens is 326 g/mol. The fraction of sp³-hybridized carbons (Fsp3) is 0.900. The number of aliphatic imine (C=N–C) groups is 1. The second-order valence-corrected chi connectivity index (χ2v) is 7.49. The van der Waals surface area contributed by atoms with E-state index >= 15 is 0 Å². The molecule has 2 aliphatic heterocycles. The number of rotatable bonds is 11. The first-order chi connectivity index (χ1) is 12.8. The quantitative estimate of drug-likeness (QED) is 0.335. The van der Waals surface area contributed by atoms with Crippen molar-refractivity contribution in [3.8, 4) is 0 Å². The molecule has 0 aromatic carbocycles. The summed E-state index contributed by atoms with van der Waals surface area (Å²) in [4.78, 5) is 20.8. The van der Waals surface area contributed by atoms with Crippen LogP contribution in [0.25, 0.3) is 0 Å². The molecule has 2 rings (SSSR count). The van der Waals surface area contributed by atoms with E-state index in [4.69, 9.17) is 0 Å². The predicted octanol–water partition coefficient (Wildman–Crippen LogP) is 2.21. The van der Waals surface area contributed by atoms with E-state index in [2.05, 4.69) is 27.4 Å². The van der Waals surface area contributed by atoms with Crippen LogP contribution in [-0.4, -0.2) is 74.0 Å². The summed E-state index contributed by atoms with van der Waals surface area (Å²) in [6, 6.07) is 0. The molecule has 2 heterocycles. The number of piperidine rings is 1. The van der Waals surface area contributed by atoms with E-state index in [1.54, 1.807) is 0 Å². The molecule has 2 saturated heterocycles. The van der Waals surface area contributed by atoms with Gasteiger partial charge in [-0.3, -0.25) is 9.79 Å². The average Bonchev–Trinajstić information content (AvgIpc) is 3.07. The van der Waals surface area contributed by atoms with E-state index in [0.29, 0.717) is 5.91 Å². The highest BCUT2D eigenvalue weighted by Crippen LogP contribution is 2.10. The topological polar surface area (TPSA) is 60.0 Å². The molecule has 0 atom stereocenters. The lowest BCUT2D eigenvalue weighted by Gasteiger charge is -2.26. The highest BCUT2D eigenvalue weighted by atomic mass is 16.2. The van der Waals surface area contributed by atoms with Gasteiger partial charge in [0, 0.05) is 39.1 Å². The van der Waals surface area contributed by atoms with Crippen LogP contribution in [0.1, 0.15) is 64.7 Å². The Balaban J connectivity index is 1.51. The minimum atomic E-state index is 0.309. The highest BCUT2D eigenvalue weighted by Gasteiger charge is 2.18. The summed E-state index contributed by atoms with van der Waals surface area (Å²) in [7, 11) is 0. The van der Waals surface area contributed by atoms with Gasteiger partial charge >= 0.3 is 0 Å². The molecule has 2 aliphatic rings. The minimum absolute atomic E-state index is 0.309. The fourth-order valence-corrected chi connectivity index (χ4v) is 3.76. The van der Waals surface area contributed by atoms with Gasteiger partial charge in [0.25, 0.3) is 0 Å². The molecule has 0 aromatic rings. The van der Waals surface area contributed by atoms with E-state index < -0.39 is 0 Å². The number of nitrogens with one attached hydrogen (secondary N) is 2. The van der Waals surface area contributed by atoms with Crippen molar-refractivity contribution >= 4 is 11.9 Å². The SMILES string of the molecule is CCNC(=NCCCN1CCCC1=O)NCCCCCN1CCCCC1. The van der Waals surface area contributed by atoms with Gasteiger partial charge in [-0.05, 0) is 65.1 Å². The van der Waals surface area contributed by atoms with Crippen LogP contribution in [0.4, 0.5) is 0 Å². The molecule has 0 spiro atoms. The molecule has 0 radical (unpaired) electrons. The van der Waals surface area contributed by atoms with Crippen LogP contribution < -0.4 is 10.6 Å². The largest absolute Gasteiger partial charge is 0.357 e. The summed E-state index contributed by atoms with van der Waals surface area (Å²) in [6.07, 6.45) is 10.7. The predicted molar refractivity (Wildman–Crippen MR) is 109 cm³/mol. The number of guanidine groups is 1. The van der Waals surface area contributed by atoms with Crippen LogP contribution in [0.15, 0.2) is 4.99 Å². The second kappa shape index (κ2) is 13.0. The maximum Gasteiger partial charge on any atom is 0.222 e. The monoisotopic (exact) mass is 365 g/mol. The Bertz CT molecular complexity index is 420. The van der Waals surface area contributed by atoms with Crippen LogP contribution in [0.5, 0.6) is 0 Å². The van der Waals surface area contributed by atoms with Gasteiger partial charge in [-0.25, -0.2) is 0 Å². The molecule has 0 aromatic heterocycles. The normalized spacial score (nSPS) is 19.2. The van der Waals surface area contributed by atoms with Crippen molar-refractivity contribution < 1.29 is 4.79 Å². The van der Waals surface area contributed by atoms with Gasteiger partial charge in [0.05, 0.1) is 0 Å². The third-order valence-electron chi connectivity index (χ3n) is 5.26. The van der Waals surface area contributed by atoms with E-state index in [0.717, 1.165) is 57.9 Å². The number of unbranched alkanes of at least 4 members (excludes halogenated alkanes) is 2. The van der Waals surface area contributed by atoms with Gasteiger partial charge in [-0.2, -0.15) is 0 Å². The maximum atomic E-state index is 11.6. The van der Waals surface area contributed by atoms with Gasteiger partial charge in [0.2, 0.25) is 5.91 Å². The molecule has 0 aliphatic carbocycles. The summed E-state index contributed by atoms with van der Waals surface area (Å²) in [6.45, 7) is 10.4. The first-order valence-electron chi connectivity index (χ1n) is 10.8. The molecule has 6 heteroatoms. The lowest BCUT2D eigenvalue weighted by molar-refractivity contribution is -0.127. The number of hydrogen-bond donors (Lipinski definition) is 2. The molecular formula is C20H39N5O. The van der Waals surface area contributed by atoms with Crippen LogP contribution in [0.3, 0.4) is 0 Å². The van der Waals surface area contributed by atoms with Crippen molar-refractivity contribution in [1.29, 1.82) is 0 Å². The first-order valence-corrected chi connectivity index (χ1v) is 10.8. The fourth-order valence-electron chi connectivity index (χ4n) is 3.76. The Morgan fingerprint density at radius 3 is 2.54 bits per heavy atom. The Kier molecular flexibility index (Phi) is 10.5. The molecule has 150 valence electrons. The third kappa shape index (κ3) is 8.39. The van der Waals surface area contributed by atoms with Crippen molar-refractivity contribution in [2.75, 3.05) is 52.4 Å². The van der Waals surface area contributed by atoms with Crippen molar-refractivity contribution in [1.82, 2.24) is 20.4 Å². The number of likely N-dealkylation sites (tertiary alicyclic amines) is 2. The Labute approximate surface area is 159 Å². The van der Waals surface area contributed by atoms with E-state index in [9.17, 15) is 4.79 Å².